The summed E-state index contributed by atoms with van der Waals surface area (Å²) in [5.74, 6) is 2.29. The molecule has 5 nitrogen and oxygen atoms in total. The summed E-state index contributed by atoms with van der Waals surface area (Å²) in [4.78, 5) is 1.18. The van der Waals surface area contributed by atoms with Crippen molar-refractivity contribution in [3.63, 3.8) is 0 Å². The summed E-state index contributed by atoms with van der Waals surface area (Å²) in [6.07, 6.45) is 0. The van der Waals surface area contributed by atoms with Crippen LogP contribution in [0.2, 0.25) is 0 Å². The van der Waals surface area contributed by atoms with Crippen LogP contribution in [0.25, 0.3) is 21.7 Å². The number of nitrogens with zero attached hydrogens (tertiary/aromatic N) is 2. The van der Waals surface area contributed by atoms with Crippen LogP contribution in [0.15, 0.2) is 163 Å². The van der Waals surface area contributed by atoms with Gasteiger partial charge in [-0.05, 0) is 58.1 Å². The maximum absolute atomic E-state index is 6.21. The van der Waals surface area contributed by atoms with E-state index in [2.05, 4.69) is 119 Å². The van der Waals surface area contributed by atoms with E-state index in [-0.39, 0.29) is 0 Å². The molecule has 0 bridgehead atoms. The molecule has 0 radical (unpaired) electrons. The average Bonchev–Trinajstić information content (AvgIpc) is 3.62. The highest BCUT2D eigenvalue weighted by molar-refractivity contribution is 7.98. The van der Waals surface area contributed by atoms with Crippen LogP contribution in [0.4, 0.5) is 10.8 Å². The Balaban J connectivity index is 1.05. The van der Waals surface area contributed by atoms with Gasteiger partial charge in [-0.2, -0.15) is 0 Å². The van der Waals surface area contributed by atoms with Crippen LogP contribution >= 0.6 is 23.1 Å². The molecule has 0 aliphatic heterocycles. The lowest BCUT2D eigenvalue weighted by Crippen LogP contribution is -1.98. The lowest BCUT2D eigenvalue weighted by molar-refractivity contribution is 0.290. The Labute approximate surface area is 289 Å². The molecule has 0 amide bonds. The molecule has 0 atom stereocenters. The Morgan fingerprint density at radius 2 is 1.19 bits per heavy atom. The van der Waals surface area contributed by atoms with Gasteiger partial charge in [0.05, 0.1) is 0 Å². The Kier molecular flexibility index (Phi) is 10.1. The summed E-state index contributed by atoms with van der Waals surface area (Å²) < 4.78 is 12.4. The van der Waals surface area contributed by atoms with Crippen molar-refractivity contribution in [2.45, 2.75) is 23.9 Å². The molecule has 1 heterocycles. The standard InChI is InChI=1S/C41H33N3O2S2/c1-4-13-30(14-5-1)27-45-36-23-34(24-37(26-36)46-28-31-15-6-2-7-16-31)40-43-44-41(48-40)42-35-20-12-21-38(25-35)47-29-33-19-10-11-22-39(33)32-17-8-3-9-18-32/h1-26H,27-29H2,(H,42,44). The number of thioether (sulfide) groups is 1. The van der Waals surface area contributed by atoms with Crippen LogP contribution in [-0.4, -0.2) is 10.2 Å². The largest absolute Gasteiger partial charge is 0.489 e. The lowest BCUT2D eigenvalue weighted by atomic mass is 10.0. The third-order valence-electron chi connectivity index (χ3n) is 7.63. The molecule has 0 fully saturated rings. The average molecular weight is 664 g/mol. The van der Waals surface area contributed by atoms with Crippen LogP contribution in [0.1, 0.15) is 16.7 Å². The molecule has 0 aliphatic carbocycles. The molecule has 0 unspecified atom stereocenters. The maximum Gasteiger partial charge on any atom is 0.210 e. The minimum Gasteiger partial charge on any atom is -0.489 e. The molecule has 7 aromatic rings. The first kappa shape index (κ1) is 31.2. The van der Waals surface area contributed by atoms with E-state index < -0.39 is 0 Å². The lowest BCUT2D eigenvalue weighted by Gasteiger charge is -2.12. The number of hydrogen-bond donors (Lipinski definition) is 1. The molecule has 1 N–H and O–H groups in total. The molecule has 1 aromatic heterocycles. The number of aromatic nitrogens is 2. The van der Waals surface area contributed by atoms with Crippen molar-refractivity contribution in [2.75, 3.05) is 5.32 Å². The molecule has 236 valence electrons. The molecule has 0 aliphatic rings. The topological polar surface area (TPSA) is 56.3 Å². The summed E-state index contributed by atoms with van der Waals surface area (Å²) in [6, 6.07) is 53.8. The first-order valence-corrected chi connectivity index (χ1v) is 17.5. The van der Waals surface area contributed by atoms with E-state index >= 15 is 0 Å². The number of rotatable bonds is 13. The Hall–Kier alpha value is -5.37. The minimum absolute atomic E-state index is 0.456. The number of benzene rings is 6. The van der Waals surface area contributed by atoms with Gasteiger partial charge < -0.3 is 14.8 Å². The monoisotopic (exact) mass is 663 g/mol. The molecule has 0 saturated heterocycles. The Morgan fingerprint density at radius 1 is 0.562 bits per heavy atom. The van der Waals surface area contributed by atoms with E-state index in [4.69, 9.17) is 9.47 Å². The smallest absolute Gasteiger partial charge is 0.210 e. The zero-order valence-electron chi connectivity index (χ0n) is 26.2. The fourth-order valence-electron chi connectivity index (χ4n) is 5.23. The number of anilines is 2. The van der Waals surface area contributed by atoms with Crippen LogP contribution < -0.4 is 14.8 Å². The third-order valence-corrected chi connectivity index (χ3v) is 9.56. The Morgan fingerprint density at radius 3 is 1.88 bits per heavy atom. The maximum atomic E-state index is 6.21. The van der Waals surface area contributed by atoms with Crippen molar-refractivity contribution in [1.82, 2.24) is 10.2 Å². The summed E-state index contributed by atoms with van der Waals surface area (Å²) in [5.41, 5.74) is 7.85. The van der Waals surface area contributed by atoms with Crippen LogP contribution in [0.5, 0.6) is 11.5 Å². The van der Waals surface area contributed by atoms with E-state index in [9.17, 15) is 0 Å². The van der Waals surface area contributed by atoms with E-state index in [1.807, 2.05) is 66.4 Å². The SMILES string of the molecule is c1ccc(COc2cc(OCc3ccccc3)cc(-c3nnc(Nc4cccc(SCc5ccccc5-c5ccccc5)c4)s3)c2)cc1. The molecule has 0 spiro atoms. The van der Waals surface area contributed by atoms with Gasteiger partial charge in [-0.1, -0.05) is 133 Å². The first-order chi connectivity index (χ1) is 23.7. The van der Waals surface area contributed by atoms with Crippen LogP contribution in [0, 0.1) is 0 Å². The minimum atomic E-state index is 0.456. The second-order valence-corrected chi connectivity index (χ2v) is 13.1. The second kappa shape index (κ2) is 15.5. The predicted molar refractivity (Wildman–Crippen MR) is 198 cm³/mol. The number of ether oxygens (including phenoxy) is 2. The summed E-state index contributed by atoms with van der Waals surface area (Å²) in [5, 5.41) is 13.9. The zero-order chi connectivity index (χ0) is 32.4. The molecule has 6 aromatic carbocycles. The summed E-state index contributed by atoms with van der Waals surface area (Å²) >= 11 is 3.31. The zero-order valence-corrected chi connectivity index (χ0v) is 27.8. The van der Waals surface area contributed by atoms with Crippen molar-refractivity contribution in [1.29, 1.82) is 0 Å². The van der Waals surface area contributed by atoms with Gasteiger partial charge in [0.15, 0.2) is 0 Å². The van der Waals surface area contributed by atoms with Gasteiger partial charge >= 0.3 is 0 Å². The van der Waals surface area contributed by atoms with E-state index in [0.717, 1.165) is 33.1 Å². The van der Waals surface area contributed by atoms with Gasteiger partial charge in [-0.25, -0.2) is 0 Å². The van der Waals surface area contributed by atoms with Crippen LogP contribution in [0.3, 0.4) is 0 Å². The van der Waals surface area contributed by atoms with E-state index in [1.54, 1.807) is 0 Å². The molecule has 0 saturated carbocycles. The normalized spacial score (nSPS) is 10.8. The molecular weight excluding hydrogens is 631 g/mol. The molecule has 48 heavy (non-hydrogen) atoms. The molecular formula is C41H33N3O2S2. The highest BCUT2D eigenvalue weighted by Crippen LogP contribution is 2.36. The number of nitrogens with one attached hydrogen (secondary N) is 1. The highest BCUT2D eigenvalue weighted by Gasteiger charge is 2.13. The fraction of sp³-hybridized carbons (Fsp3) is 0.0732. The first-order valence-electron chi connectivity index (χ1n) is 15.7. The highest BCUT2D eigenvalue weighted by atomic mass is 32.2. The summed E-state index contributed by atoms with van der Waals surface area (Å²) in [7, 11) is 0. The van der Waals surface area contributed by atoms with Gasteiger partial charge in [-0.3, -0.25) is 0 Å². The van der Waals surface area contributed by atoms with E-state index in [1.165, 1.54) is 32.9 Å². The third kappa shape index (κ3) is 8.31. The predicted octanol–water partition coefficient (Wildman–Crippen LogP) is 11.1. The van der Waals surface area contributed by atoms with Gasteiger partial charge in [0.25, 0.3) is 0 Å². The van der Waals surface area contributed by atoms with Crippen molar-refractivity contribution in [2.24, 2.45) is 0 Å². The van der Waals surface area contributed by atoms with Gasteiger partial charge in [-0.15, -0.1) is 22.0 Å². The quantitative estimate of drug-likeness (QED) is 0.124. The van der Waals surface area contributed by atoms with Crippen molar-refractivity contribution < 1.29 is 9.47 Å². The second-order valence-electron chi connectivity index (χ2n) is 11.1. The van der Waals surface area contributed by atoms with Crippen molar-refractivity contribution >= 4 is 33.9 Å². The molecule has 7 rings (SSSR count). The summed E-state index contributed by atoms with van der Waals surface area (Å²) in [6.45, 7) is 0.912. The van der Waals surface area contributed by atoms with Crippen LogP contribution in [-0.2, 0) is 19.0 Å². The van der Waals surface area contributed by atoms with Gasteiger partial charge in [0.2, 0.25) is 5.13 Å². The van der Waals surface area contributed by atoms with Crippen molar-refractivity contribution in [3.05, 3.63) is 174 Å². The molecule has 7 heteroatoms. The van der Waals surface area contributed by atoms with E-state index in [0.29, 0.717) is 29.8 Å². The fourth-order valence-corrected chi connectivity index (χ4v) is 6.94. The van der Waals surface area contributed by atoms with Gasteiger partial charge in [0, 0.05) is 28.0 Å². The Bertz CT molecular complexity index is 2010. The van der Waals surface area contributed by atoms with Crippen molar-refractivity contribution in [3.8, 4) is 33.2 Å². The number of hydrogen-bond acceptors (Lipinski definition) is 7. The van der Waals surface area contributed by atoms with Gasteiger partial charge in [0.1, 0.15) is 29.7 Å².